The van der Waals surface area contributed by atoms with Crippen LogP contribution in [0.5, 0.6) is 0 Å². The summed E-state index contributed by atoms with van der Waals surface area (Å²) in [4.78, 5) is 16.5. The van der Waals surface area contributed by atoms with Crippen LogP contribution in [0.25, 0.3) is 0 Å². The van der Waals surface area contributed by atoms with Crippen LogP contribution in [0.1, 0.15) is 18.1 Å². The van der Waals surface area contributed by atoms with E-state index in [-0.39, 0.29) is 12.3 Å². The van der Waals surface area contributed by atoms with Crippen LogP contribution in [0, 0.1) is 0 Å². The minimum Gasteiger partial charge on any atom is -0.461 e. The topological polar surface area (TPSA) is 57.1 Å². The predicted molar refractivity (Wildman–Crippen MR) is 67.3 cm³/mol. The molecule has 1 aromatic rings. The van der Waals surface area contributed by atoms with E-state index in [2.05, 4.69) is 5.16 Å². The smallest absolute Gasteiger partial charge is 0.361 e. The molecule has 18 heavy (non-hydrogen) atoms. The first-order chi connectivity index (χ1) is 8.74. The molecule has 0 aromatic heterocycles. The van der Waals surface area contributed by atoms with Gasteiger partial charge in [-0.25, -0.2) is 4.79 Å². The molecule has 5 heteroatoms. The highest BCUT2D eigenvalue weighted by Crippen LogP contribution is 2.12. The normalized spacial score (nSPS) is 11.2. The van der Waals surface area contributed by atoms with E-state index in [1.807, 2.05) is 18.2 Å². The lowest BCUT2D eigenvalue weighted by Gasteiger charge is -2.10. The maximum absolute atomic E-state index is 11.8. The van der Waals surface area contributed by atoms with Gasteiger partial charge in [0.15, 0.2) is 5.71 Å². The van der Waals surface area contributed by atoms with Crippen LogP contribution in [0.4, 0.5) is 0 Å². The zero-order valence-electron chi connectivity index (χ0n) is 10.8. The molecule has 0 fully saturated rings. The van der Waals surface area contributed by atoms with E-state index < -0.39 is 5.97 Å². The molecule has 0 heterocycles. The minimum absolute atomic E-state index is 0.145. The molecule has 0 N–H and O–H groups in total. The first-order valence-corrected chi connectivity index (χ1v) is 5.60. The standard InChI is InChI=1S/C13H17NO4/c1-4-18-13(15)12(14-17-3)11-8-6-5-7-10(11)9-16-2/h5-8H,4,9H2,1-3H3. The molecular formula is C13H17NO4. The second-order valence-corrected chi connectivity index (χ2v) is 3.43. The van der Waals surface area contributed by atoms with Gasteiger partial charge in [0.2, 0.25) is 0 Å². The van der Waals surface area contributed by atoms with E-state index in [9.17, 15) is 4.79 Å². The fourth-order valence-electron chi connectivity index (χ4n) is 1.52. The van der Waals surface area contributed by atoms with Gasteiger partial charge in [-0.3, -0.25) is 0 Å². The summed E-state index contributed by atoms with van der Waals surface area (Å²) in [5.74, 6) is -0.511. The Labute approximate surface area is 106 Å². The molecule has 0 aliphatic rings. The number of nitrogens with zero attached hydrogens (tertiary/aromatic N) is 1. The van der Waals surface area contributed by atoms with Crippen molar-refractivity contribution >= 4 is 11.7 Å². The van der Waals surface area contributed by atoms with Gasteiger partial charge in [-0.1, -0.05) is 29.4 Å². The summed E-state index contributed by atoms with van der Waals surface area (Å²) in [5, 5.41) is 3.74. The van der Waals surface area contributed by atoms with Crippen LogP contribution in [0.2, 0.25) is 0 Å². The highest BCUT2D eigenvalue weighted by Gasteiger charge is 2.19. The Kier molecular flexibility index (Phi) is 5.87. The zero-order valence-corrected chi connectivity index (χ0v) is 10.8. The van der Waals surface area contributed by atoms with Gasteiger partial charge in [-0.2, -0.15) is 0 Å². The highest BCUT2D eigenvalue weighted by atomic mass is 16.6. The number of methoxy groups -OCH3 is 1. The molecule has 5 nitrogen and oxygen atoms in total. The van der Waals surface area contributed by atoms with Gasteiger partial charge in [0, 0.05) is 12.7 Å². The number of ether oxygens (including phenoxy) is 2. The third-order valence-electron chi connectivity index (χ3n) is 2.22. The summed E-state index contributed by atoms with van der Waals surface area (Å²) in [5.41, 5.74) is 1.65. The number of rotatable bonds is 6. The summed E-state index contributed by atoms with van der Waals surface area (Å²) in [7, 11) is 2.98. The van der Waals surface area contributed by atoms with Crippen molar-refractivity contribution in [2.75, 3.05) is 20.8 Å². The van der Waals surface area contributed by atoms with Crippen LogP contribution in [-0.2, 0) is 25.7 Å². The monoisotopic (exact) mass is 251 g/mol. The van der Waals surface area contributed by atoms with Gasteiger partial charge >= 0.3 is 5.97 Å². The number of carbonyl (C=O) groups is 1. The van der Waals surface area contributed by atoms with Crippen molar-refractivity contribution in [2.24, 2.45) is 5.16 Å². The average molecular weight is 251 g/mol. The van der Waals surface area contributed by atoms with E-state index in [0.717, 1.165) is 5.56 Å². The van der Waals surface area contributed by atoms with Crippen LogP contribution >= 0.6 is 0 Å². The first kappa shape index (κ1) is 14.2. The number of hydrogen-bond donors (Lipinski definition) is 0. The maximum Gasteiger partial charge on any atom is 0.361 e. The second kappa shape index (κ2) is 7.45. The summed E-state index contributed by atoms with van der Waals surface area (Å²) in [6.07, 6.45) is 0. The Bertz CT molecular complexity index is 429. The lowest BCUT2D eigenvalue weighted by molar-refractivity contribution is -0.135. The molecule has 0 spiro atoms. The summed E-state index contributed by atoms with van der Waals surface area (Å²) in [6, 6.07) is 7.33. The van der Waals surface area contributed by atoms with Crippen molar-refractivity contribution in [2.45, 2.75) is 13.5 Å². The lowest BCUT2D eigenvalue weighted by atomic mass is 10.0. The number of oxime groups is 1. The van der Waals surface area contributed by atoms with Gasteiger partial charge in [0.25, 0.3) is 0 Å². The Balaban J connectivity index is 3.13. The van der Waals surface area contributed by atoms with Crippen molar-refractivity contribution in [3.05, 3.63) is 35.4 Å². The van der Waals surface area contributed by atoms with E-state index in [1.54, 1.807) is 20.1 Å². The third kappa shape index (κ3) is 3.56. The Morgan fingerprint density at radius 2 is 2.00 bits per heavy atom. The van der Waals surface area contributed by atoms with E-state index in [1.165, 1.54) is 7.11 Å². The van der Waals surface area contributed by atoms with Gasteiger partial charge in [0.05, 0.1) is 13.2 Å². The van der Waals surface area contributed by atoms with Crippen LogP contribution in [0.15, 0.2) is 29.4 Å². The van der Waals surface area contributed by atoms with Crippen LogP contribution < -0.4 is 0 Å². The van der Waals surface area contributed by atoms with Crippen LogP contribution in [0.3, 0.4) is 0 Å². The van der Waals surface area contributed by atoms with Crippen molar-refractivity contribution in [1.29, 1.82) is 0 Å². The molecule has 0 saturated heterocycles. The largest absolute Gasteiger partial charge is 0.461 e. The first-order valence-electron chi connectivity index (χ1n) is 5.60. The molecule has 0 bridgehead atoms. The average Bonchev–Trinajstić information content (AvgIpc) is 2.37. The van der Waals surface area contributed by atoms with E-state index in [4.69, 9.17) is 14.3 Å². The molecule has 0 radical (unpaired) electrons. The van der Waals surface area contributed by atoms with Gasteiger partial charge in [0.1, 0.15) is 7.11 Å². The SMILES string of the molecule is CCOC(=O)C(=NOC)c1ccccc1COC. The Morgan fingerprint density at radius 3 is 2.61 bits per heavy atom. The molecule has 0 aliphatic heterocycles. The Morgan fingerprint density at radius 1 is 1.28 bits per heavy atom. The van der Waals surface area contributed by atoms with Gasteiger partial charge in [-0.05, 0) is 12.5 Å². The van der Waals surface area contributed by atoms with Crippen molar-refractivity contribution in [1.82, 2.24) is 0 Å². The molecule has 0 aliphatic carbocycles. The maximum atomic E-state index is 11.8. The number of carbonyl (C=O) groups excluding carboxylic acids is 1. The molecule has 98 valence electrons. The number of esters is 1. The summed E-state index contributed by atoms with van der Waals surface area (Å²) in [6.45, 7) is 2.41. The lowest BCUT2D eigenvalue weighted by Crippen LogP contribution is -2.20. The third-order valence-corrected chi connectivity index (χ3v) is 2.22. The van der Waals surface area contributed by atoms with Crippen molar-refractivity contribution < 1.29 is 19.1 Å². The van der Waals surface area contributed by atoms with E-state index >= 15 is 0 Å². The zero-order chi connectivity index (χ0) is 13.4. The molecule has 1 aromatic carbocycles. The van der Waals surface area contributed by atoms with Crippen LogP contribution in [-0.4, -0.2) is 32.5 Å². The molecule has 0 saturated carbocycles. The van der Waals surface area contributed by atoms with Crippen molar-refractivity contribution in [3.63, 3.8) is 0 Å². The quantitative estimate of drug-likeness (QED) is 0.439. The molecular weight excluding hydrogens is 234 g/mol. The Hall–Kier alpha value is -1.88. The molecule has 0 atom stereocenters. The predicted octanol–water partition coefficient (Wildman–Crippen LogP) is 1.75. The van der Waals surface area contributed by atoms with E-state index in [0.29, 0.717) is 12.2 Å². The van der Waals surface area contributed by atoms with Gasteiger partial charge in [-0.15, -0.1) is 0 Å². The molecule has 0 unspecified atom stereocenters. The fraction of sp³-hybridized carbons (Fsp3) is 0.385. The highest BCUT2D eigenvalue weighted by molar-refractivity contribution is 6.43. The fourth-order valence-corrected chi connectivity index (χ4v) is 1.52. The van der Waals surface area contributed by atoms with Gasteiger partial charge < -0.3 is 14.3 Å². The molecule has 0 amide bonds. The minimum atomic E-state index is -0.511. The molecule has 1 rings (SSSR count). The number of hydrogen-bond acceptors (Lipinski definition) is 5. The van der Waals surface area contributed by atoms with Crippen molar-refractivity contribution in [3.8, 4) is 0 Å². The number of benzene rings is 1. The second-order valence-electron chi connectivity index (χ2n) is 3.43. The summed E-state index contributed by atoms with van der Waals surface area (Å²) >= 11 is 0. The summed E-state index contributed by atoms with van der Waals surface area (Å²) < 4.78 is 10.0.